The number of aromatic nitrogens is 2. The molecule has 1 fully saturated rings. The zero-order valence-electron chi connectivity index (χ0n) is 16.2. The first-order valence-corrected chi connectivity index (χ1v) is 10.8. The fourth-order valence-corrected chi connectivity index (χ4v) is 4.62. The van der Waals surface area contributed by atoms with Gasteiger partial charge in [0.25, 0.3) is 5.91 Å². The second kappa shape index (κ2) is 9.13. The Hall–Kier alpha value is -2.80. The van der Waals surface area contributed by atoms with Crippen LogP contribution in [-0.2, 0) is 11.2 Å². The summed E-state index contributed by atoms with van der Waals surface area (Å²) in [5.74, 6) is 0.0989. The Bertz CT molecular complexity index is 948. The highest BCUT2D eigenvalue weighted by atomic mass is 32.1. The minimum absolute atomic E-state index is 0.0984. The number of thiazole rings is 1. The first kappa shape index (κ1) is 19.5. The van der Waals surface area contributed by atoms with E-state index in [0.717, 1.165) is 36.2 Å². The summed E-state index contributed by atoms with van der Waals surface area (Å²) in [6, 6.07) is 11.7. The molecule has 0 radical (unpaired) electrons. The molecule has 3 aromatic rings. The van der Waals surface area contributed by atoms with E-state index in [2.05, 4.69) is 21.4 Å². The van der Waals surface area contributed by atoms with Crippen molar-refractivity contribution >= 4 is 33.4 Å². The highest BCUT2D eigenvalue weighted by Gasteiger charge is 2.24. The average Bonchev–Trinajstić information content (AvgIpc) is 3.17. The van der Waals surface area contributed by atoms with Crippen molar-refractivity contribution in [1.29, 1.82) is 0 Å². The van der Waals surface area contributed by atoms with E-state index in [4.69, 9.17) is 0 Å². The van der Waals surface area contributed by atoms with Gasteiger partial charge >= 0.3 is 0 Å². The van der Waals surface area contributed by atoms with Crippen LogP contribution in [0.1, 0.15) is 41.0 Å². The molecule has 7 heteroatoms. The van der Waals surface area contributed by atoms with Crippen LogP contribution < -0.4 is 5.32 Å². The van der Waals surface area contributed by atoms with Gasteiger partial charge in [0.05, 0.1) is 20.8 Å². The van der Waals surface area contributed by atoms with Crippen molar-refractivity contribution in [2.24, 2.45) is 0 Å². The summed E-state index contributed by atoms with van der Waals surface area (Å²) in [6.07, 6.45) is 6.99. The van der Waals surface area contributed by atoms with Crippen LogP contribution in [-0.4, -0.2) is 45.8 Å². The largest absolute Gasteiger partial charge is 0.349 e. The van der Waals surface area contributed by atoms with Gasteiger partial charge in [0.15, 0.2) is 0 Å². The molecule has 1 aliphatic rings. The SMILES string of the molecule is O=C(NC1CCN(C(=O)CCCc2nc3ccccc3s2)CC1)c1cccnc1. The Morgan fingerprint density at radius 1 is 1.14 bits per heavy atom. The van der Waals surface area contributed by atoms with Gasteiger partial charge in [-0.25, -0.2) is 4.98 Å². The van der Waals surface area contributed by atoms with E-state index in [-0.39, 0.29) is 17.9 Å². The van der Waals surface area contributed by atoms with E-state index < -0.39 is 0 Å². The summed E-state index contributed by atoms with van der Waals surface area (Å²) in [4.78, 5) is 35.3. The molecule has 2 aromatic heterocycles. The first-order chi connectivity index (χ1) is 14.2. The van der Waals surface area contributed by atoms with Gasteiger partial charge in [-0.05, 0) is 49.9 Å². The molecular weight excluding hydrogens is 384 g/mol. The van der Waals surface area contributed by atoms with Gasteiger partial charge in [0.1, 0.15) is 0 Å². The van der Waals surface area contributed by atoms with Crippen molar-refractivity contribution in [3.8, 4) is 0 Å². The van der Waals surface area contributed by atoms with E-state index >= 15 is 0 Å². The number of fused-ring (bicyclic) bond motifs is 1. The van der Waals surface area contributed by atoms with Crippen LogP contribution in [0.5, 0.6) is 0 Å². The van der Waals surface area contributed by atoms with Crippen LogP contribution in [0.3, 0.4) is 0 Å². The molecule has 0 unspecified atom stereocenters. The quantitative estimate of drug-likeness (QED) is 0.678. The van der Waals surface area contributed by atoms with Crippen LogP contribution in [0, 0.1) is 0 Å². The van der Waals surface area contributed by atoms with Gasteiger partial charge < -0.3 is 10.2 Å². The van der Waals surface area contributed by atoms with Crippen molar-refractivity contribution < 1.29 is 9.59 Å². The number of nitrogens with zero attached hydrogens (tertiary/aromatic N) is 3. The molecular formula is C22H24N4O2S. The van der Waals surface area contributed by atoms with Gasteiger partial charge in [-0.2, -0.15) is 0 Å². The molecule has 3 heterocycles. The van der Waals surface area contributed by atoms with Crippen LogP contribution in [0.4, 0.5) is 0 Å². The summed E-state index contributed by atoms with van der Waals surface area (Å²) < 4.78 is 1.20. The highest BCUT2D eigenvalue weighted by molar-refractivity contribution is 7.18. The highest BCUT2D eigenvalue weighted by Crippen LogP contribution is 2.23. The van der Waals surface area contributed by atoms with Crippen LogP contribution in [0.25, 0.3) is 10.2 Å². The number of para-hydroxylation sites is 1. The number of amides is 2. The predicted octanol–water partition coefficient (Wildman–Crippen LogP) is 3.44. The van der Waals surface area contributed by atoms with Crippen molar-refractivity contribution in [1.82, 2.24) is 20.2 Å². The zero-order valence-corrected chi connectivity index (χ0v) is 17.0. The Morgan fingerprint density at radius 3 is 2.72 bits per heavy atom. The molecule has 1 aliphatic heterocycles. The number of hydrogen-bond acceptors (Lipinski definition) is 5. The van der Waals surface area contributed by atoms with Gasteiger partial charge in [-0.3, -0.25) is 14.6 Å². The van der Waals surface area contributed by atoms with Crippen molar-refractivity contribution in [3.05, 3.63) is 59.4 Å². The number of aryl methyl sites for hydroxylation is 1. The van der Waals surface area contributed by atoms with E-state index in [0.29, 0.717) is 25.1 Å². The third-order valence-corrected chi connectivity index (χ3v) is 6.32. The van der Waals surface area contributed by atoms with Gasteiger partial charge in [-0.1, -0.05) is 12.1 Å². The Kier molecular flexibility index (Phi) is 6.14. The lowest BCUT2D eigenvalue weighted by atomic mass is 10.0. The second-order valence-electron chi connectivity index (χ2n) is 7.30. The average molecular weight is 409 g/mol. The molecule has 0 aliphatic carbocycles. The number of carbonyl (C=O) groups is 2. The standard InChI is InChI=1S/C22H24N4O2S/c27-21(9-3-8-20-25-18-6-1-2-7-19(18)29-20)26-13-10-17(11-14-26)24-22(28)16-5-4-12-23-15-16/h1-2,4-7,12,15,17H,3,8-11,13-14H2,(H,24,28). The molecule has 0 spiro atoms. The Labute approximate surface area is 174 Å². The fourth-order valence-electron chi connectivity index (χ4n) is 3.61. The molecule has 0 saturated carbocycles. The number of rotatable bonds is 6. The molecule has 6 nitrogen and oxygen atoms in total. The van der Waals surface area contributed by atoms with Gasteiger partial charge in [-0.15, -0.1) is 11.3 Å². The summed E-state index contributed by atoms with van der Waals surface area (Å²) in [6.45, 7) is 1.38. The summed E-state index contributed by atoms with van der Waals surface area (Å²) in [5, 5.41) is 4.14. The van der Waals surface area contributed by atoms with Gasteiger partial charge in [0, 0.05) is 37.9 Å². The predicted molar refractivity (Wildman–Crippen MR) is 114 cm³/mol. The van der Waals surface area contributed by atoms with Crippen LogP contribution in [0.15, 0.2) is 48.8 Å². The summed E-state index contributed by atoms with van der Waals surface area (Å²) >= 11 is 1.71. The minimum atomic E-state index is -0.0984. The van der Waals surface area contributed by atoms with E-state index in [1.807, 2.05) is 23.1 Å². The minimum Gasteiger partial charge on any atom is -0.349 e. The lowest BCUT2D eigenvalue weighted by Gasteiger charge is -2.32. The molecule has 1 N–H and O–H groups in total. The first-order valence-electron chi connectivity index (χ1n) is 10.0. The molecule has 0 bridgehead atoms. The Balaban J connectivity index is 1.19. The van der Waals surface area contributed by atoms with Gasteiger partial charge in [0.2, 0.25) is 5.91 Å². The number of likely N-dealkylation sites (tertiary alicyclic amines) is 1. The second-order valence-corrected chi connectivity index (χ2v) is 8.41. The number of nitrogens with one attached hydrogen (secondary N) is 1. The lowest BCUT2D eigenvalue weighted by molar-refractivity contribution is -0.132. The number of pyridine rings is 1. The summed E-state index contributed by atoms with van der Waals surface area (Å²) in [5.41, 5.74) is 1.61. The van der Waals surface area contributed by atoms with Crippen LogP contribution >= 0.6 is 11.3 Å². The zero-order chi connectivity index (χ0) is 20.1. The smallest absolute Gasteiger partial charge is 0.253 e. The Morgan fingerprint density at radius 2 is 1.97 bits per heavy atom. The molecule has 4 rings (SSSR count). The third-order valence-electron chi connectivity index (χ3n) is 5.23. The topological polar surface area (TPSA) is 75.2 Å². The molecule has 29 heavy (non-hydrogen) atoms. The maximum atomic E-state index is 12.5. The maximum absolute atomic E-state index is 12.5. The lowest BCUT2D eigenvalue weighted by Crippen LogP contribution is -2.46. The van der Waals surface area contributed by atoms with Crippen LogP contribution in [0.2, 0.25) is 0 Å². The van der Waals surface area contributed by atoms with Crippen molar-refractivity contribution in [2.75, 3.05) is 13.1 Å². The molecule has 1 aromatic carbocycles. The molecule has 1 saturated heterocycles. The number of carbonyl (C=O) groups excluding carboxylic acids is 2. The molecule has 2 amide bonds. The number of hydrogen-bond donors (Lipinski definition) is 1. The van der Waals surface area contributed by atoms with E-state index in [1.54, 1.807) is 35.9 Å². The fraction of sp³-hybridized carbons (Fsp3) is 0.364. The third kappa shape index (κ3) is 4.98. The molecule has 150 valence electrons. The monoisotopic (exact) mass is 408 g/mol. The van der Waals surface area contributed by atoms with E-state index in [9.17, 15) is 9.59 Å². The van der Waals surface area contributed by atoms with Crippen molar-refractivity contribution in [2.45, 2.75) is 38.1 Å². The van der Waals surface area contributed by atoms with E-state index in [1.165, 1.54) is 4.70 Å². The summed E-state index contributed by atoms with van der Waals surface area (Å²) in [7, 11) is 0. The van der Waals surface area contributed by atoms with Crippen molar-refractivity contribution in [3.63, 3.8) is 0 Å². The number of piperidine rings is 1. The number of benzene rings is 1. The maximum Gasteiger partial charge on any atom is 0.253 e. The normalized spacial score (nSPS) is 14.8. The molecule has 0 atom stereocenters.